The Hall–Kier alpha value is -1.24. The van der Waals surface area contributed by atoms with Crippen LogP contribution in [0.25, 0.3) is 0 Å². The Morgan fingerprint density at radius 2 is 2.27 bits per heavy atom. The molecule has 5 heteroatoms. The third kappa shape index (κ3) is 2.06. The van der Waals surface area contributed by atoms with Crippen LogP contribution in [0.1, 0.15) is 16.2 Å². The molecular formula is C10H8IN3O. The van der Waals surface area contributed by atoms with Gasteiger partial charge in [-0.05, 0) is 34.7 Å². The Kier molecular flexibility index (Phi) is 2.81. The largest absolute Gasteiger partial charge is 0.314 e. The second-order valence-corrected chi connectivity index (χ2v) is 4.35. The molecular weight excluding hydrogens is 305 g/mol. The van der Waals surface area contributed by atoms with Gasteiger partial charge in [0.1, 0.15) is 6.33 Å². The lowest BCUT2D eigenvalue weighted by Gasteiger charge is -2.00. The highest BCUT2D eigenvalue weighted by Gasteiger charge is 2.14. The lowest BCUT2D eigenvalue weighted by Crippen LogP contribution is -2.08. The number of rotatable bonds is 2. The Morgan fingerprint density at radius 3 is 2.87 bits per heavy atom. The van der Waals surface area contributed by atoms with Gasteiger partial charge in [-0.2, -0.15) is 0 Å². The highest BCUT2D eigenvalue weighted by molar-refractivity contribution is 14.1. The molecule has 1 aromatic heterocycles. The maximum absolute atomic E-state index is 12.0. The Bertz CT molecular complexity index is 507. The Morgan fingerprint density at radius 1 is 1.47 bits per heavy atom. The minimum Gasteiger partial charge on any atom is -0.314 e. The summed E-state index contributed by atoms with van der Waals surface area (Å²) in [4.78, 5) is 12.0. The fraction of sp³-hybridized carbons (Fsp3) is 0.100. The Labute approximate surface area is 100 Å². The molecule has 1 aromatic carbocycles. The topological polar surface area (TPSA) is 47.8 Å². The average molecular weight is 313 g/mol. The summed E-state index contributed by atoms with van der Waals surface area (Å²) >= 11 is 2.17. The van der Waals surface area contributed by atoms with Crippen molar-refractivity contribution < 1.29 is 4.79 Å². The number of aromatic nitrogens is 3. The van der Waals surface area contributed by atoms with Gasteiger partial charge in [0, 0.05) is 16.2 Å². The van der Waals surface area contributed by atoms with E-state index >= 15 is 0 Å². The normalized spacial score (nSPS) is 10.3. The number of nitrogens with zero attached hydrogens (tertiary/aromatic N) is 3. The lowest BCUT2D eigenvalue weighted by atomic mass is 10.1. The molecule has 0 N–H and O–H groups in total. The van der Waals surface area contributed by atoms with Gasteiger partial charge in [0.2, 0.25) is 11.6 Å². The molecule has 0 radical (unpaired) electrons. The number of carbonyl (C=O) groups is 1. The second-order valence-electron chi connectivity index (χ2n) is 3.10. The summed E-state index contributed by atoms with van der Waals surface area (Å²) in [6.07, 6.45) is 1.52. The zero-order valence-electron chi connectivity index (χ0n) is 8.01. The van der Waals surface area contributed by atoms with E-state index in [1.54, 1.807) is 17.7 Å². The van der Waals surface area contributed by atoms with E-state index < -0.39 is 0 Å². The van der Waals surface area contributed by atoms with Gasteiger partial charge in [-0.1, -0.05) is 12.1 Å². The zero-order chi connectivity index (χ0) is 10.8. The Balaban J connectivity index is 2.41. The van der Waals surface area contributed by atoms with E-state index in [0.717, 1.165) is 3.57 Å². The van der Waals surface area contributed by atoms with E-state index in [1.807, 2.05) is 18.2 Å². The van der Waals surface area contributed by atoms with Gasteiger partial charge in [0.25, 0.3) is 0 Å². The number of hydrogen-bond acceptors (Lipinski definition) is 3. The van der Waals surface area contributed by atoms with Gasteiger partial charge in [-0.15, -0.1) is 10.2 Å². The number of hydrogen-bond donors (Lipinski definition) is 0. The van der Waals surface area contributed by atoms with Crippen LogP contribution in [-0.4, -0.2) is 20.5 Å². The zero-order valence-corrected chi connectivity index (χ0v) is 10.2. The van der Waals surface area contributed by atoms with Crippen molar-refractivity contribution in [1.82, 2.24) is 14.8 Å². The molecule has 0 atom stereocenters. The van der Waals surface area contributed by atoms with Crippen LogP contribution in [0.15, 0.2) is 30.6 Å². The predicted molar refractivity (Wildman–Crippen MR) is 63.6 cm³/mol. The molecule has 2 aromatic rings. The van der Waals surface area contributed by atoms with E-state index in [-0.39, 0.29) is 5.78 Å². The summed E-state index contributed by atoms with van der Waals surface area (Å²) in [5, 5.41) is 7.46. The van der Waals surface area contributed by atoms with Gasteiger partial charge in [0.15, 0.2) is 0 Å². The maximum atomic E-state index is 12.0. The molecule has 0 saturated carbocycles. The van der Waals surface area contributed by atoms with E-state index in [2.05, 4.69) is 32.8 Å². The van der Waals surface area contributed by atoms with Crippen molar-refractivity contribution in [1.29, 1.82) is 0 Å². The van der Waals surface area contributed by atoms with Crippen LogP contribution in [0, 0.1) is 3.57 Å². The summed E-state index contributed by atoms with van der Waals surface area (Å²) in [6.45, 7) is 0. The van der Waals surface area contributed by atoms with Gasteiger partial charge in [-0.3, -0.25) is 4.79 Å². The third-order valence-corrected chi connectivity index (χ3v) is 2.67. The first-order valence-corrected chi connectivity index (χ1v) is 5.40. The van der Waals surface area contributed by atoms with Crippen molar-refractivity contribution in [3.63, 3.8) is 0 Å². The fourth-order valence-corrected chi connectivity index (χ4v) is 1.79. The standard InChI is InChI=1S/C10H8IN3O/c1-14-6-12-13-10(14)9(15)7-3-2-4-8(11)5-7/h2-6H,1H3. The van der Waals surface area contributed by atoms with Crippen molar-refractivity contribution in [3.8, 4) is 0 Å². The molecule has 1 heterocycles. The first-order valence-electron chi connectivity index (χ1n) is 4.33. The minimum atomic E-state index is -0.103. The van der Waals surface area contributed by atoms with Crippen molar-refractivity contribution in [2.45, 2.75) is 0 Å². The molecule has 0 aliphatic carbocycles. The smallest absolute Gasteiger partial charge is 0.230 e. The molecule has 0 aliphatic heterocycles. The van der Waals surface area contributed by atoms with Crippen molar-refractivity contribution in [2.75, 3.05) is 0 Å². The van der Waals surface area contributed by atoms with Crippen LogP contribution < -0.4 is 0 Å². The third-order valence-electron chi connectivity index (χ3n) is 2.00. The molecule has 0 saturated heterocycles. The first-order chi connectivity index (χ1) is 7.18. The molecule has 0 amide bonds. The molecule has 15 heavy (non-hydrogen) atoms. The monoisotopic (exact) mass is 313 g/mol. The minimum absolute atomic E-state index is 0.103. The van der Waals surface area contributed by atoms with Crippen molar-refractivity contribution in [2.24, 2.45) is 7.05 Å². The van der Waals surface area contributed by atoms with E-state index in [9.17, 15) is 4.79 Å². The summed E-state index contributed by atoms with van der Waals surface area (Å²) in [6, 6.07) is 7.40. The van der Waals surface area contributed by atoms with E-state index in [0.29, 0.717) is 11.4 Å². The molecule has 4 nitrogen and oxygen atoms in total. The van der Waals surface area contributed by atoms with Crippen LogP contribution in [0.3, 0.4) is 0 Å². The van der Waals surface area contributed by atoms with E-state index in [1.165, 1.54) is 6.33 Å². The lowest BCUT2D eigenvalue weighted by molar-refractivity contribution is 0.102. The fourth-order valence-electron chi connectivity index (χ4n) is 1.25. The number of benzene rings is 1. The molecule has 0 bridgehead atoms. The highest BCUT2D eigenvalue weighted by atomic mass is 127. The second kappa shape index (κ2) is 4.09. The summed E-state index contributed by atoms with van der Waals surface area (Å²) in [5.74, 6) is 0.255. The summed E-state index contributed by atoms with van der Waals surface area (Å²) in [7, 11) is 1.75. The van der Waals surface area contributed by atoms with Crippen molar-refractivity contribution >= 4 is 28.4 Å². The molecule has 0 fully saturated rings. The molecule has 0 spiro atoms. The molecule has 0 unspecified atom stereocenters. The number of ketones is 1. The van der Waals surface area contributed by atoms with Gasteiger partial charge in [0.05, 0.1) is 0 Å². The van der Waals surface area contributed by atoms with Crippen LogP contribution in [-0.2, 0) is 7.05 Å². The first kappa shape index (κ1) is 10.3. The number of halogens is 1. The maximum Gasteiger partial charge on any atom is 0.230 e. The molecule has 0 aliphatic rings. The number of carbonyl (C=O) groups excluding carboxylic acids is 1. The van der Waals surface area contributed by atoms with Crippen molar-refractivity contribution in [3.05, 3.63) is 45.6 Å². The summed E-state index contributed by atoms with van der Waals surface area (Å²) in [5.41, 5.74) is 0.637. The van der Waals surface area contributed by atoms with Gasteiger partial charge >= 0.3 is 0 Å². The van der Waals surface area contributed by atoms with Gasteiger partial charge in [-0.25, -0.2) is 0 Å². The van der Waals surface area contributed by atoms with Crippen LogP contribution in [0.2, 0.25) is 0 Å². The molecule has 76 valence electrons. The average Bonchev–Trinajstić information content (AvgIpc) is 2.63. The summed E-state index contributed by atoms with van der Waals surface area (Å²) < 4.78 is 2.64. The van der Waals surface area contributed by atoms with Crippen LogP contribution in [0.5, 0.6) is 0 Å². The quantitative estimate of drug-likeness (QED) is 0.626. The number of aryl methyl sites for hydroxylation is 1. The predicted octanol–water partition coefficient (Wildman–Crippen LogP) is 1.65. The van der Waals surface area contributed by atoms with Crippen LogP contribution in [0.4, 0.5) is 0 Å². The van der Waals surface area contributed by atoms with E-state index in [4.69, 9.17) is 0 Å². The molecule has 2 rings (SSSR count). The SMILES string of the molecule is Cn1cnnc1C(=O)c1cccc(I)c1. The van der Waals surface area contributed by atoms with Crippen LogP contribution >= 0.6 is 22.6 Å². The highest BCUT2D eigenvalue weighted by Crippen LogP contribution is 2.11. The van der Waals surface area contributed by atoms with Gasteiger partial charge < -0.3 is 4.57 Å².